The number of thiazole rings is 1. The highest BCUT2D eigenvalue weighted by molar-refractivity contribution is 7.13. The van der Waals surface area contributed by atoms with E-state index in [0.29, 0.717) is 53.7 Å². The second-order valence-corrected chi connectivity index (χ2v) is 21.9. The molecule has 4 aromatic rings. The number of rotatable bonds is 15. The van der Waals surface area contributed by atoms with Crippen molar-refractivity contribution in [1.82, 2.24) is 30.4 Å². The quantitative estimate of drug-likeness (QED) is 0.0602. The van der Waals surface area contributed by atoms with E-state index in [-0.39, 0.29) is 60.4 Å². The van der Waals surface area contributed by atoms with Crippen molar-refractivity contribution in [2.45, 2.75) is 131 Å². The molecular weight excluding hydrogens is 914 g/mol. The molecule has 0 bridgehead atoms. The molecule has 2 aromatic heterocycles. The van der Waals surface area contributed by atoms with Gasteiger partial charge in [0.1, 0.15) is 36.2 Å². The molecule has 1 saturated heterocycles. The predicted octanol–water partition coefficient (Wildman–Crippen LogP) is 8.46. The topological polar surface area (TPSA) is 168 Å². The van der Waals surface area contributed by atoms with Crippen LogP contribution in [0.1, 0.15) is 120 Å². The first-order valence-electron chi connectivity index (χ1n) is 23.4. The SMILES string of the molecule is [C-]#[N+]c1ccc(OC2C(C)(C)C(N3Cc4cc(C#CCCCCOCC(=O)N[C@H](C(=O)N5C[C@H](O)CC5C(=O)N[C@@H](C)c5ccc(-c6scnc6C)cc5)C(C)(C)C)ncc4C3=O)C2(C)C)cc1Cl. The average Bonchev–Trinajstić information content (AvgIpc) is 4.00. The summed E-state index contributed by atoms with van der Waals surface area (Å²) in [5, 5.41) is 16.9. The molecule has 4 heterocycles. The first-order chi connectivity index (χ1) is 32.6. The third-order valence-electron chi connectivity index (χ3n) is 13.5. The molecule has 4 atom stereocenters. The van der Waals surface area contributed by atoms with E-state index in [0.717, 1.165) is 33.7 Å². The summed E-state index contributed by atoms with van der Waals surface area (Å²) >= 11 is 7.86. The lowest BCUT2D eigenvalue weighted by Crippen LogP contribution is -2.74. The van der Waals surface area contributed by atoms with Crippen LogP contribution in [0.25, 0.3) is 15.3 Å². The molecule has 16 heteroatoms. The number of likely N-dealkylation sites (tertiary alicyclic amines) is 1. The molecule has 2 aromatic carbocycles. The smallest absolute Gasteiger partial charge is 0.256 e. The average molecular weight is 977 g/mol. The fourth-order valence-corrected chi connectivity index (χ4v) is 11.5. The third kappa shape index (κ3) is 11.0. The van der Waals surface area contributed by atoms with Gasteiger partial charge in [-0.1, -0.05) is 96.3 Å². The van der Waals surface area contributed by atoms with Crippen LogP contribution in [0.15, 0.2) is 60.2 Å². The number of benzene rings is 2. The lowest BCUT2D eigenvalue weighted by atomic mass is 9.49. The van der Waals surface area contributed by atoms with Crippen LogP contribution in [0.5, 0.6) is 5.75 Å². The molecule has 4 amide bonds. The highest BCUT2D eigenvalue weighted by Gasteiger charge is 2.67. The summed E-state index contributed by atoms with van der Waals surface area (Å²) < 4.78 is 12.1. The van der Waals surface area contributed by atoms with Crippen LogP contribution in [0.3, 0.4) is 0 Å². The van der Waals surface area contributed by atoms with Crippen molar-refractivity contribution in [3.8, 4) is 28.0 Å². The standard InChI is InChI=1S/C53H62ClN7O7S/c1-31(33-16-18-34(19-17-33)44-32(2)57-30-69-44)58-46(64)42-24-37(62)28-60(42)48(66)45(51(3,4)5)59-43(63)29-67-22-14-12-11-13-15-36-23-35-27-61(47(65)39(35)26-56-36)49-52(6,7)50(53(49,8)9)68-38-20-21-41(55-10)40(54)25-38/h16-21,23,25-26,30-31,37,42,45,49-50,62H,11-12,14,22,24,27-29H2,1-9H3,(H,58,64)(H,59,63)/t31-,37+,42?,45+,49?,50?/m0/s1. The summed E-state index contributed by atoms with van der Waals surface area (Å²) in [7, 11) is 0. The molecule has 2 fully saturated rings. The minimum atomic E-state index is -0.968. The number of hydrogen-bond donors (Lipinski definition) is 3. The number of carbonyl (C=O) groups excluding carboxylic acids is 4. The summed E-state index contributed by atoms with van der Waals surface area (Å²) in [6.07, 6.45) is 2.56. The van der Waals surface area contributed by atoms with E-state index >= 15 is 0 Å². The molecule has 7 rings (SSSR count). The van der Waals surface area contributed by atoms with Crippen molar-refractivity contribution in [2.75, 3.05) is 19.8 Å². The number of pyridine rings is 1. The number of hydrogen-bond acceptors (Lipinski definition) is 10. The van der Waals surface area contributed by atoms with Gasteiger partial charge in [0, 0.05) is 55.6 Å². The fraction of sp³-hybridized carbons (Fsp3) is 0.491. The number of ether oxygens (including phenoxy) is 2. The maximum Gasteiger partial charge on any atom is 0.256 e. The molecule has 3 aliphatic rings. The van der Waals surface area contributed by atoms with Gasteiger partial charge in [-0.3, -0.25) is 19.2 Å². The van der Waals surface area contributed by atoms with Gasteiger partial charge in [-0.05, 0) is 72.9 Å². The summed E-state index contributed by atoms with van der Waals surface area (Å²) in [5.74, 6) is 5.56. The Labute approximate surface area is 414 Å². The molecule has 2 aliphatic heterocycles. The van der Waals surface area contributed by atoms with Crippen LogP contribution >= 0.6 is 22.9 Å². The van der Waals surface area contributed by atoms with E-state index in [2.05, 4.69) is 65.0 Å². The van der Waals surface area contributed by atoms with E-state index in [1.54, 1.807) is 35.7 Å². The molecular formula is C53H62ClN7O7S. The normalized spacial score (nSPS) is 21.0. The number of halogens is 1. The van der Waals surface area contributed by atoms with Crippen LogP contribution in [-0.2, 0) is 25.7 Å². The Bertz CT molecular complexity index is 2680. The molecule has 1 saturated carbocycles. The Morgan fingerprint density at radius 2 is 1.78 bits per heavy atom. The number of nitrogens with zero attached hydrogens (tertiary/aromatic N) is 5. The lowest BCUT2D eigenvalue weighted by Gasteiger charge is -2.65. The van der Waals surface area contributed by atoms with Crippen molar-refractivity contribution >= 4 is 52.3 Å². The van der Waals surface area contributed by atoms with Crippen LogP contribution in [-0.4, -0.2) is 98.6 Å². The summed E-state index contributed by atoms with van der Waals surface area (Å²) in [6, 6.07) is 12.6. The maximum atomic E-state index is 14.1. The lowest BCUT2D eigenvalue weighted by molar-refractivity contribution is -0.199. The number of amides is 4. The van der Waals surface area contributed by atoms with Crippen LogP contribution in [0.4, 0.5) is 5.69 Å². The van der Waals surface area contributed by atoms with Gasteiger partial charge in [0.05, 0.1) is 45.4 Å². The molecule has 3 N–H and O–H groups in total. The number of β-amino-alcohol motifs (C(OH)–C–C–N with tert-alkyl or cyclic N) is 1. The number of carbonyl (C=O) groups is 4. The fourth-order valence-electron chi connectivity index (χ4n) is 10.5. The van der Waals surface area contributed by atoms with Gasteiger partial charge in [-0.25, -0.2) is 14.8 Å². The van der Waals surface area contributed by atoms with Gasteiger partial charge in [0.25, 0.3) is 5.91 Å². The minimum Gasteiger partial charge on any atom is -0.489 e. The van der Waals surface area contributed by atoms with Gasteiger partial charge >= 0.3 is 0 Å². The summed E-state index contributed by atoms with van der Waals surface area (Å²) in [6.45, 7) is 25.6. The van der Waals surface area contributed by atoms with Crippen molar-refractivity contribution in [3.63, 3.8) is 0 Å². The van der Waals surface area contributed by atoms with Crippen molar-refractivity contribution in [2.24, 2.45) is 16.2 Å². The summed E-state index contributed by atoms with van der Waals surface area (Å²) in [5.41, 5.74) is 5.65. The van der Waals surface area contributed by atoms with E-state index in [4.69, 9.17) is 27.6 Å². The second-order valence-electron chi connectivity index (χ2n) is 20.6. The van der Waals surface area contributed by atoms with Gasteiger partial charge in [-0.2, -0.15) is 0 Å². The molecule has 0 spiro atoms. The van der Waals surface area contributed by atoms with Crippen molar-refractivity contribution in [3.05, 3.63) is 105 Å². The number of unbranched alkanes of at least 4 members (excludes halogenated alkanes) is 2. The first kappa shape index (κ1) is 51.0. The maximum absolute atomic E-state index is 14.1. The van der Waals surface area contributed by atoms with Gasteiger partial charge in [-0.15, -0.1) is 11.3 Å². The van der Waals surface area contributed by atoms with Crippen molar-refractivity contribution in [1.29, 1.82) is 0 Å². The highest BCUT2D eigenvalue weighted by Crippen LogP contribution is 2.59. The number of aliphatic hydroxyl groups is 1. The second kappa shape index (κ2) is 20.6. The number of aryl methyl sites for hydroxylation is 1. The Morgan fingerprint density at radius 1 is 1.06 bits per heavy atom. The Kier molecular flexibility index (Phi) is 15.3. The number of fused-ring (bicyclic) bond motifs is 1. The van der Waals surface area contributed by atoms with Gasteiger partial charge in [0.15, 0.2) is 0 Å². The molecule has 1 aliphatic carbocycles. The predicted molar refractivity (Wildman–Crippen MR) is 265 cm³/mol. The van der Waals surface area contributed by atoms with E-state index < -0.39 is 35.4 Å². The summed E-state index contributed by atoms with van der Waals surface area (Å²) in [4.78, 5) is 71.3. The van der Waals surface area contributed by atoms with E-state index in [9.17, 15) is 24.3 Å². The molecule has 69 heavy (non-hydrogen) atoms. The highest BCUT2D eigenvalue weighted by atomic mass is 35.5. The zero-order chi connectivity index (χ0) is 50.0. The zero-order valence-corrected chi connectivity index (χ0v) is 42.4. The van der Waals surface area contributed by atoms with Crippen LogP contribution in [0.2, 0.25) is 5.02 Å². The number of aromatic nitrogens is 2. The largest absolute Gasteiger partial charge is 0.489 e. The Morgan fingerprint density at radius 3 is 2.43 bits per heavy atom. The minimum absolute atomic E-state index is 0.0219. The molecule has 0 radical (unpaired) electrons. The molecule has 1 unspecified atom stereocenters. The first-order valence-corrected chi connectivity index (χ1v) is 24.7. The van der Waals surface area contributed by atoms with Gasteiger partial charge in [0.2, 0.25) is 23.4 Å². The zero-order valence-electron chi connectivity index (χ0n) is 40.8. The Hall–Kier alpha value is -5.84. The van der Waals surface area contributed by atoms with E-state index in [1.165, 1.54) is 4.90 Å². The van der Waals surface area contributed by atoms with Crippen LogP contribution in [0, 0.1) is 41.6 Å². The van der Waals surface area contributed by atoms with Crippen LogP contribution < -0.4 is 15.4 Å². The molecule has 364 valence electrons. The van der Waals surface area contributed by atoms with E-state index in [1.807, 2.05) is 75.4 Å². The van der Waals surface area contributed by atoms with Gasteiger partial charge < -0.3 is 35.0 Å². The Balaban J connectivity index is 0.849. The van der Waals surface area contributed by atoms with Crippen molar-refractivity contribution < 1.29 is 33.8 Å². The number of nitrogens with one attached hydrogen (secondary N) is 2. The number of aliphatic hydroxyl groups excluding tert-OH is 1. The monoisotopic (exact) mass is 975 g/mol. The molecule has 14 nitrogen and oxygen atoms in total. The third-order valence-corrected chi connectivity index (χ3v) is 14.8.